The molecule has 0 saturated carbocycles. The molecule has 3 nitrogen and oxygen atoms in total. The van der Waals surface area contributed by atoms with Gasteiger partial charge in [-0.05, 0) is 142 Å². The van der Waals surface area contributed by atoms with Gasteiger partial charge in [-0.25, -0.2) is 8.78 Å². The van der Waals surface area contributed by atoms with E-state index in [0.717, 1.165) is 25.0 Å². The smallest absolute Gasteiger partial charge is 0.123 e. The Bertz CT molecular complexity index is 2440. The van der Waals surface area contributed by atoms with E-state index in [2.05, 4.69) is 259 Å². The Morgan fingerprint density at radius 2 is 0.560 bits per heavy atom. The summed E-state index contributed by atoms with van der Waals surface area (Å²) in [5.74, 6) is 8.25. The number of hydrogen-bond donors (Lipinski definition) is 0. The predicted molar refractivity (Wildman–Crippen MR) is 363 cm³/mol. The quantitative estimate of drug-likeness (QED) is 0.0858. The predicted octanol–water partition coefficient (Wildman–Crippen LogP) is 23.4. The number of halogens is 2. The summed E-state index contributed by atoms with van der Waals surface area (Å²) < 4.78 is 35.6. The lowest BCUT2D eigenvalue weighted by molar-refractivity contribution is 0.162. The summed E-state index contributed by atoms with van der Waals surface area (Å²) in [7, 11) is 3.53. The van der Waals surface area contributed by atoms with E-state index in [4.69, 9.17) is 9.47 Å². The monoisotopic (exact) mass is 1150 g/mol. The fraction of sp³-hybridized carbons (Fsp3) is 0.481. The average Bonchev–Trinajstić information content (AvgIpc) is 3.52. The zero-order valence-electron chi connectivity index (χ0n) is 56.4. The van der Waals surface area contributed by atoms with Crippen molar-refractivity contribution in [3.05, 3.63) is 244 Å². The van der Waals surface area contributed by atoms with Gasteiger partial charge in [0.1, 0.15) is 11.6 Å². The number of ether oxygens (including phenoxy) is 2. The first kappa shape index (κ1) is 76.3. The molecular weight excluding hydrogens is 1030 g/mol. The Balaban J connectivity index is 0.000000491. The van der Waals surface area contributed by atoms with Gasteiger partial charge in [0.15, 0.2) is 0 Å². The van der Waals surface area contributed by atoms with Crippen LogP contribution in [0.2, 0.25) is 0 Å². The number of pyridine rings is 1. The van der Waals surface area contributed by atoms with Gasteiger partial charge < -0.3 is 9.47 Å². The Hall–Kier alpha value is -5.75. The molecule has 0 spiro atoms. The first-order chi connectivity index (χ1) is 39.8. The third-order valence-corrected chi connectivity index (χ3v) is 16.6. The van der Waals surface area contributed by atoms with Crippen LogP contribution in [0, 0.1) is 60.0 Å². The van der Waals surface area contributed by atoms with Crippen molar-refractivity contribution in [2.75, 3.05) is 27.4 Å². The summed E-state index contributed by atoms with van der Waals surface area (Å²) in [6.45, 7) is 46.0. The Morgan fingerprint density at radius 3 is 0.821 bits per heavy atom. The molecular formula is C79H115F2NO2. The van der Waals surface area contributed by atoms with E-state index in [-0.39, 0.29) is 11.6 Å². The fourth-order valence-electron chi connectivity index (χ4n) is 8.79. The molecule has 7 rings (SSSR count). The van der Waals surface area contributed by atoms with Crippen molar-refractivity contribution in [2.24, 2.45) is 41.4 Å². The lowest BCUT2D eigenvalue weighted by Gasteiger charge is -2.20. The highest BCUT2D eigenvalue weighted by Gasteiger charge is 2.17. The number of hydrogen-bond acceptors (Lipinski definition) is 3. The van der Waals surface area contributed by atoms with Gasteiger partial charge in [-0.3, -0.25) is 4.98 Å². The van der Waals surface area contributed by atoms with Crippen molar-refractivity contribution >= 4 is 0 Å². The molecule has 462 valence electrons. The molecule has 0 aliphatic carbocycles. The van der Waals surface area contributed by atoms with Crippen molar-refractivity contribution in [3.8, 4) is 0 Å². The average molecular weight is 1150 g/mol. The molecule has 7 atom stereocenters. The molecule has 7 aromatic rings. The Labute approximate surface area is 513 Å². The van der Waals surface area contributed by atoms with Crippen LogP contribution >= 0.6 is 0 Å². The number of rotatable bonds is 18. The van der Waals surface area contributed by atoms with Crippen molar-refractivity contribution in [3.63, 3.8) is 0 Å². The molecule has 0 unspecified atom stereocenters. The first-order valence-electron chi connectivity index (χ1n) is 31.4. The molecule has 0 saturated heterocycles. The second-order valence-electron chi connectivity index (χ2n) is 25.3. The van der Waals surface area contributed by atoms with Gasteiger partial charge in [0.2, 0.25) is 0 Å². The third-order valence-electron chi connectivity index (χ3n) is 16.6. The maximum absolute atomic E-state index is 12.6. The standard InChI is InChI=1S/C13H20O.C12H18O.2C11H15F.2C11H16.C10H15N/c1-10(2)13(9-14-4)12-7-5-11(3)6-8-12;1-10(2)12(9-13-3)11-7-5-4-6-8-11;2*1-8(2)9(3)10-4-6-11(12)7-5-10;2*1-9(2)10(3)11-7-5-4-6-8-11;1-8(2)9(3)10-6-4-5-7-11-10/h5-8,10,13H,9H2,1-4H3;4-8,10,12H,9H2,1-3H3;2*4-9H,1-3H3;2*4-10H,1-3H3;4-9H,1-3H3/t13-;12-;2*9-;2*10-;9-/m0010100/s1. The highest BCUT2D eigenvalue weighted by atomic mass is 19.1. The minimum atomic E-state index is -0.158. The number of methoxy groups -OCH3 is 2. The lowest BCUT2D eigenvalue weighted by atomic mass is 9.89. The van der Waals surface area contributed by atoms with Crippen LogP contribution in [0.1, 0.15) is 218 Å². The normalized spacial score (nSPS) is 13.4. The number of nitrogens with zero attached hydrogens (tertiary/aromatic N) is 1. The van der Waals surface area contributed by atoms with E-state index in [1.807, 2.05) is 48.7 Å². The fourth-order valence-corrected chi connectivity index (χ4v) is 8.79. The maximum Gasteiger partial charge on any atom is 0.123 e. The van der Waals surface area contributed by atoms with Crippen LogP contribution < -0.4 is 0 Å². The van der Waals surface area contributed by atoms with Crippen molar-refractivity contribution in [1.82, 2.24) is 4.98 Å². The molecule has 0 amide bonds. The summed E-state index contributed by atoms with van der Waals surface area (Å²) in [5.41, 5.74) is 10.6. The topological polar surface area (TPSA) is 31.4 Å². The first-order valence-corrected chi connectivity index (χ1v) is 31.4. The van der Waals surface area contributed by atoms with Crippen LogP contribution in [0.3, 0.4) is 0 Å². The van der Waals surface area contributed by atoms with Crippen LogP contribution in [0.15, 0.2) is 188 Å². The van der Waals surface area contributed by atoms with E-state index in [9.17, 15) is 8.78 Å². The minimum Gasteiger partial charge on any atom is -0.384 e. The van der Waals surface area contributed by atoms with Crippen molar-refractivity contribution in [1.29, 1.82) is 0 Å². The molecule has 5 heteroatoms. The van der Waals surface area contributed by atoms with E-state index in [0.29, 0.717) is 71.0 Å². The van der Waals surface area contributed by atoms with Crippen LogP contribution in [0.5, 0.6) is 0 Å². The molecule has 1 aromatic heterocycles. The molecule has 0 radical (unpaired) electrons. The molecule has 0 aliphatic rings. The molecule has 84 heavy (non-hydrogen) atoms. The van der Waals surface area contributed by atoms with Gasteiger partial charge >= 0.3 is 0 Å². The number of benzene rings is 6. The van der Waals surface area contributed by atoms with Gasteiger partial charge in [0.05, 0.1) is 13.2 Å². The van der Waals surface area contributed by atoms with Crippen molar-refractivity contribution < 1.29 is 18.3 Å². The van der Waals surface area contributed by atoms with Gasteiger partial charge in [-0.2, -0.15) is 0 Å². The van der Waals surface area contributed by atoms with E-state index in [1.54, 1.807) is 14.2 Å². The van der Waals surface area contributed by atoms with Crippen LogP contribution in [-0.2, 0) is 9.47 Å². The second kappa shape index (κ2) is 43.0. The molecule has 0 bridgehead atoms. The van der Waals surface area contributed by atoms with E-state index < -0.39 is 0 Å². The van der Waals surface area contributed by atoms with Crippen LogP contribution in [-0.4, -0.2) is 32.4 Å². The second-order valence-corrected chi connectivity index (χ2v) is 25.3. The summed E-state index contributed by atoms with van der Waals surface area (Å²) >= 11 is 0. The SMILES string of the molecule is CC(C)[C@@H](C)c1ccc(F)cc1.CC(C)[C@@H](C)c1ccccc1.CC(C)[C@H](C)c1ccc(F)cc1.CC(C)[C@H](C)c1ccccc1.CC(C)[C@H](C)c1ccccn1.COC[C@H](c1ccc(C)cc1)C(C)C.COC[C@H](c1ccccc1)C(C)C. The number of aromatic nitrogens is 1. The third kappa shape index (κ3) is 30.9. The van der Waals surface area contributed by atoms with E-state index >= 15 is 0 Å². The van der Waals surface area contributed by atoms with Crippen LogP contribution in [0.25, 0.3) is 0 Å². The minimum absolute atomic E-state index is 0.158. The summed E-state index contributed by atoms with van der Waals surface area (Å²) in [5, 5.41) is 0. The molecule has 0 N–H and O–H groups in total. The van der Waals surface area contributed by atoms with Gasteiger partial charge in [0.25, 0.3) is 0 Å². The molecule has 0 fully saturated rings. The maximum atomic E-state index is 12.6. The zero-order chi connectivity index (χ0) is 63.3. The largest absolute Gasteiger partial charge is 0.384 e. The molecule has 1 heterocycles. The Morgan fingerprint density at radius 1 is 0.298 bits per heavy atom. The Kier molecular flexibility index (Phi) is 39.0. The summed E-state index contributed by atoms with van der Waals surface area (Å²) in [4.78, 5) is 4.30. The van der Waals surface area contributed by atoms with E-state index in [1.165, 1.54) is 68.9 Å². The van der Waals surface area contributed by atoms with Crippen LogP contribution in [0.4, 0.5) is 8.78 Å². The molecule has 6 aromatic carbocycles. The summed E-state index contributed by atoms with van der Waals surface area (Å²) in [6.07, 6.45) is 1.86. The highest BCUT2D eigenvalue weighted by Crippen LogP contribution is 2.28. The number of aryl methyl sites for hydroxylation is 1. The van der Waals surface area contributed by atoms with Crippen molar-refractivity contribution in [2.45, 2.75) is 180 Å². The highest BCUT2D eigenvalue weighted by molar-refractivity contribution is 5.26. The van der Waals surface area contributed by atoms with Gasteiger partial charge in [-0.15, -0.1) is 0 Å². The molecule has 0 aliphatic heterocycles. The van der Waals surface area contributed by atoms with Gasteiger partial charge in [-0.1, -0.05) is 283 Å². The zero-order valence-corrected chi connectivity index (χ0v) is 56.4. The van der Waals surface area contributed by atoms with Gasteiger partial charge in [0, 0.05) is 43.9 Å². The summed E-state index contributed by atoms with van der Waals surface area (Å²) in [6, 6.07) is 60.3. The lowest BCUT2D eigenvalue weighted by Crippen LogP contribution is -2.12.